The van der Waals surface area contributed by atoms with Gasteiger partial charge in [-0.05, 0) is 44.0 Å². The summed E-state index contributed by atoms with van der Waals surface area (Å²) in [7, 11) is 1.61. The van der Waals surface area contributed by atoms with E-state index in [0.717, 1.165) is 0 Å². The van der Waals surface area contributed by atoms with Gasteiger partial charge in [0.2, 0.25) is 5.91 Å². The Morgan fingerprint density at radius 2 is 1.85 bits per heavy atom. The van der Waals surface area contributed by atoms with Crippen LogP contribution in [0.3, 0.4) is 0 Å². The molecule has 0 saturated carbocycles. The average molecular weight is 459 g/mol. The van der Waals surface area contributed by atoms with E-state index in [0.29, 0.717) is 62.9 Å². The zero-order chi connectivity index (χ0) is 23.6. The average Bonchev–Trinajstić information content (AvgIpc) is 2.84. The van der Waals surface area contributed by atoms with E-state index in [1.165, 1.54) is 0 Å². The number of benzene rings is 1. The third-order valence-corrected chi connectivity index (χ3v) is 5.49. The van der Waals surface area contributed by atoms with Gasteiger partial charge in [-0.1, -0.05) is 0 Å². The van der Waals surface area contributed by atoms with E-state index in [1.807, 2.05) is 0 Å². The van der Waals surface area contributed by atoms with Crippen LogP contribution in [0.4, 0.5) is 0 Å². The van der Waals surface area contributed by atoms with Crippen molar-refractivity contribution in [3.05, 3.63) is 40.3 Å². The Morgan fingerprint density at radius 1 is 1.12 bits per heavy atom. The van der Waals surface area contributed by atoms with Gasteiger partial charge >= 0.3 is 5.97 Å². The standard InChI is InChI=1S/C23H30N4O6/c1-3-32-23(30)17-10-12-27(13-11-17)20(28)9-8-19-22(29)24-21(26-25-19)16-4-6-18(7-5-16)33-15-14-31-2/h4-7,17H,3,8-15H2,1-2H3,(H,24,26,29). The number of likely N-dealkylation sites (tertiary alicyclic amines) is 1. The monoisotopic (exact) mass is 458 g/mol. The molecule has 10 heteroatoms. The molecule has 33 heavy (non-hydrogen) atoms. The number of piperidine rings is 1. The predicted octanol–water partition coefficient (Wildman–Crippen LogP) is 1.59. The van der Waals surface area contributed by atoms with E-state index < -0.39 is 0 Å². The molecule has 1 N–H and O–H groups in total. The number of esters is 1. The first-order chi connectivity index (χ1) is 16.0. The largest absolute Gasteiger partial charge is 0.491 e. The number of nitrogens with zero attached hydrogens (tertiary/aromatic N) is 3. The summed E-state index contributed by atoms with van der Waals surface area (Å²) < 4.78 is 15.5. The van der Waals surface area contributed by atoms with E-state index >= 15 is 0 Å². The van der Waals surface area contributed by atoms with Crippen LogP contribution in [0.1, 0.15) is 31.9 Å². The molecular weight excluding hydrogens is 428 g/mol. The van der Waals surface area contributed by atoms with Crippen molar-refractivity contribution in [1.82, 2.24) is 20.1 Å². The summed E-state index contributed by atoms with van der Waals surface area (Å²) in [6.45, 7) is 4.10. The van der Waals surface area contributed by atoms with Gasteiger partial charge in [0.15, 0.2) is 5.82 Å². The Hall–Kier alpha value is -3.27. The van der Waals surface area contributed by atoms with E-state index in [2.05, 4.69) is 15.2 Å². The maximum Gasteiger partial charge on any atom is 0.309 e. The van der Waals surface area contributed by atoms with Gasteiger partial charge in [0.05, 0.1) is 19.1 Å². The molecule has 0 bridgehead atoms. The van der Waals surface area contributed by atoms with Crippen molar-refractivity contribution >= 4 is 11.9 Å². The van der Waals surface area contributed by atoms with Crippen LogP contribution in [0.5, 0.6) is 5.75 Å². The number of aryl methyl sites for hydroxylation is 1. The first kappa shape index (κ1) is 24.4. The summed E-state index contributed by atoms with van der Waals surface area (Å²) in [5.41, 5.74) is 0.549. The smallest absolute Gasteiger partial charge is 0.309 e. The highest BCUT2D eigenvalue weighted by Gasteiger charge is 2.28. The van der Waals surface area contributed by atoms with Gasteiger partial charge in [-0.15, -0.1) is 10.2 Å². The first-order valence-corrected chi connectivity index (χ1v) is 11.1. The quantitative estimate of drug-likeness (QED) is 0.421. The lowest BCUT2D eigenvalue weighted by molar-refractivity contribution is -0.151. The molecule has 0 radical (unpaired) electrons. The molecule has 0 atom stereocenters. The first-order valence-electron chi connectivity index (χ1n) is 11.1. The van der Waals surface area contributed by atoms with Crippen LogP contribution in [0.25, 0.3) is 11.4 Å². The third kappa shape index (κ3) is 6.85. The van der Waals surface area contributed by atoms with Gasteiger partial charge in [0.25, 0.3) is 5.56 Å². The number of amides is 1. The summed E-state index contributed by atoms with van der Waals surface area (Å²) in [6, 6.07) is 7.13. The van der Waals surface area contributed by atoms with Crippen molar-refractivity contribution < 1.29 is 23.8 Å². The fraction of sp³-hybridized carbons (Fsp3) is 0.522. The zero-order valence-electron chi connectivity index (χ0n) is 19.0. The zero-order valence-corrected chi connectivity index (χ0v) is 19.0. The van der Waals surface area contributed by atoms with Crippen LogP contribution in [0.2, 0.25) is 0 Å². The van der Waals surface area contributed by atoms with Crippen molar-refractivity contribution in [2.75, 3.05) is 40.0 Å². The molecule has 0 aliphatic carbocycles. The van der Waals surface area contributed by atoms with E-state index in [4.69, 9.17) is 14.2 Å². The van der Waals surface area contributed by atoms with Gasteiger partial charge in [-0.2, -0.15) is 0 Å². The molecule has 3 rings (SSSR count). The highest BCUT2D eigenvalue weighted by molar-refractivity contribution is 5.77. The Bertz CT molecular complexity index is 983. The number of carbonyl (C=O) groups is 2. The topological polar surface area (TPSA) is 124 Å². The minimum absolute atomic E-state index is 0.0633. The number of ether oxygens (including phenoxy) is 3. The molecule has 1 aromatic carbocycles. The van der Waals surface area contributed by atoms with E-state index in [-0.39, 0.29) is 41.9 Å². The van der Waals surface area contributed by atoms with Crippen molar-refractivity contribution in [2.24, 2.45) is 5.92 Å². The van der Waals surface area contributed by atoms with Gasteiger partial charge in [0.1, 0.15) is 18.1 Å². The lowest BCUT2D eigenvalue weighted by Crippen LogP contribution is -2.40. The van der Waals surface area contributed by atoms with Gasteiger partial charge in [-0.25, -0.2) is 0 Å². The number of H-pyrrole nitrogens is 1. The summed E-state index contributed by atoms with van der Waals surface area (Å²) >= 11 is 0. The summed E-state index contributed by atoms with van der Waals surface area (Å²) in [4.78, 5) is 41.3. The second-order valence-electron chi connectivity index (χ2n) is 7.72. The molecular formula is C23H30N4O6. The van der Waals surface area contributed by atoms with Crippen LogP contribution in [-0.4, -0.2) is 72.0 Å². The Kier molecular flexibility index (Phi) is 8.94. The fourth-order valence-electron chi connectivity index (χ4n) is 3.61. The SMILES string of the molecule is CCOC(=O)C1CCN(C(=O)CCc2nnc(-c3ccc(OCCOC)cc3)[nH]c2=O)CC1. The molecule has 1 fully saturated rings. The fourth-order valence-corrected chi connectivity index (χ4v) is 3.61. The van der Waals surface area contributed by atoms with E-state index in [1.54, 1.807) is 43.2 Å². The summed E-state index contributed by atoms with van der Waals surface area (Å²) in [5.74, 6) is 0.625. The molecule has 0 unspecified atom stereocenters. The normalized spacial score (nSPS) is 14.2. The van der Waals surface area contributed by atoms with Gasteiger partial charge in [0, 0.05) is 38.6 Å². The van der Waals surface area contributed by atoms with Crippen LogP contribution in [0, 0.1) is 5.92 Å². The van der Waals surface area contributed by atoms with Crippen LogP contribution >= 0.6 is 0 Å². The Morgan fingerprint density at radius 3 is 2.48 bits per heavy atom. The number of methoxy groups -OCH3 is 1. The molecule has 2 aromatic rings. The maximum atomic E-state index is 12.5. The lowest BCUT2D eigenvalue weighted by Gasteiger charge is -2.30. The van der Waals surface area contributed by atoms with Crippen molar-refractivity contribution in [3.63, 3.8) is 0 Å². The maximum absolute atomic E-state index is 12.5. The second kappa shape index (κ2) is 12.1. The molecule has 2 heterocycles. The lowest BCUT2D eigenvalue weighted by atomic mass is 9.96. The molecule has 1 amide bonds. The number of hydrogen-bond acceptors (Lipinski definition) is 8. The Labute approximate surface area is 192 Å². The summed E-state index contributed by atoms with van der Waals surface area (Å²) in [5, 5.41) is 8.15. The van der Waals surface area contributed by atoms with Crippen LogP contribution in [0.15, 0.2) is 29.1 Å². The molecule has 1 aliphatic heterocycles. The molecule has 1 saturated heterocycles. The molecule has 1 aromatic heterocycles. The number of rotatable bonds is 10. The second-order valence-corrected chi connectivity index (χ2v) is 7.72. The highest BCUT2D eigenvalue weighted by atomic mass is 16.5. The van der Waals surface area contributed by atoms with Crippen molar-refractivity contribution in [3.8, 4) is 17.1 Å². The number of aromatic nitrogens is 3. The van der Waals surface area contributed by atoms with Crippen LogP contribution < -0.4 is 10.3 Å². The minimum Gasteiger partial charge on any atom is -0.491 e. The van der Waals surface area contributed by atoms with Crippen LogP contribution in [-0.2, 0) is 25.5 Å². The highest BCUT2D eigenvalue weighted by Crippen LogP contribution is 2.20. The van der Waals surface area contributed by atoms with Gasteiger partial charge in [-0.3, -0.25) is 14.4 Å². The number of aromatic amines is 1. The number of hydrogen-bond donors (Lipinski definition) is 1. The third-order valence-electron chi connectivity index (χ3n) is 5.49. The molecule has 1 aliphatic rings. The molecule has 178 valence electrons. The molecule has 10 nitrogen and oxygen atoms in total. The Balaban J connectivity index is 1.51. The molecule has 0 spiro atoms. The summed E-state index contributed by atoms with van der Waals surface area (Å²) in [6.07, 6.45) is 1.55. The van der Waals surface area contributed by atoms with Gasteiger partial charge < -0.3 is 24.1 Å². The van der Waals surface area contributed by atoms with Crippen molar-refractivity contribution in [2.45, 2.75) is 32.6 Å². The van der Waals surface area contributed by atoms with Crippen molar-refractivity contribution in [1.29, 1.82) is 0 Å². The predicted molar refractivity (Wildman–Crippen MR) is 120 cm³/mol. The minimum atomic E-state index is -0.366. The number of carbonyl (C=O) groups excluding carboxylic acids is 2. The van der Waals surface area contributed by atoms with E-state index in [9.17, 15) is 14.4 Å². The number of nitrogens with one attached hydrogen (secondary N) is 1.